The monoisotopic (exact) mass is 375 g/mol. The molecule has 2 aromatic rings. The van der Waals surface area contributed by atoms with Crippen LogP contribution in [-0.4, -0.2) is 31.6 Å². The largest absolute Gasteiger partial charge is 0.371 e. The summed E-state index contributed by atoms with van der Waals surface area (Å²) in [5.41, 5.74) is 8.34. The Bertz CT molecular complexity index is 745. The van der Waals surface area contributed by atoms with Crippen LogP contribution in [0.25, 0.3) is 0 Å². The number of nitrogens with one attached hydrogen (secondary N) is 2. The van der Waals surface area contributed by atoms with Crippen LogP contribution in [0.3, 0.4) is 0 Å². The average Bonchev–Trinajstić information content (AvgIpc) is 2.69. The maximum Gasteiger partial charge on any atom is 0.263 e. The maximum atomic E-state index is 12.6. The van der Waals surface area contributed by atoms with E-state index in [2.05, 4.69) is 10.6 Å². The minimum absolute atomic E-state index is 0.0157. The molecule has 1 aliphatic rings. The van der Waals surface area contributed by atoms with Crippen molar-refractivity contribution in [3.8, 4) is 0 Å². The van der Waals surface area contributed by atoms with Gasteiger partial charge in [-0.3, -0.25) is 4.79 Å². The van der Waals surface area contributed by atoms with Gasteiger partial charge in [0, 0.05) is 24.3 Å². The van der Waals surface area contributed by atoms with Crippen molar-refractivity contribution >= 4 is 11.6 Å². The van der Waals surface area contributed by atoms with Gasteiger partial charge in [0.1, 0.15) is 0 Å². The van der Waals surface area contributed by atoms with Crippen molar-refractivity contribution < 1.29 is 18.3 Å². The highest BCUT2D eigenvalue weighted by Crippen LogP contribution is 2.21. The van der Waals surface area contributed by atoms with Crippen LogP contribution >= 0.6 is 0 Å². The number of alkyl halides is 2. The van der Waals surface area contributed by atoms with Gasteiger partial charge in [-0.1, -0.05) is 36.4 Å². The normalized spacial score (nSPS) is 18.3. The van der Waals surface area contributed by atoms with Gasteiger partial charge in [-0.25, -0.2) is 8.78 Å². The Labute approximate surface area is 156 Å². The lowest BCUT2D eigenvalue weighted by Crippen LogP contribution is -2.37. The third-order valence-corrected chi connectivity index (χ3v) is 4.50. The molecule has 0 radical (unpaired) electrons. The van der Waals surface area contributed by atoms with Crippen molar-refractivity contribution in [3.63, 3.8) is 0 Å². The second-order valence-corrected chi connectivity index (χ2v) is 6.53. The third-order valence-electron chi connectivity index (χ3n) is 4.50. The van der Waals surface area contributed by atoms with Gasteiger partial charge in [0.2, 0.25) is 5.91 Å². The van der Waals surface area contributed by atoms with E-state index < -0.39 is 12.5 Å². The van der Waals surface area contributed by atoms with Gasteiger partial charge < -0.3 is 21.1 Å². The van der Waals surface area contributed by atoms with Crippen LogP contribution in [0.2, 0.25) is 0 Å². The molecule has 5 nitrogen and oxygen atoms in total. The molecular weight excluding hydrogens is 352 g/mol. The molecule has 0 aromatic heterocycles. The summed E-state index contributed by atoms with van der Waals surface area (Å²) >= 11 is 0. The number of nitrogens with two attached hydrogens (primary N) is 1. The van der Waals surface area contributed by atoms with Crippen molar-refractivity contribution in [2.75, 3.05) is 25.0 Å². The van der Waals surface area contributed by atoms with Crippen molar-refractivity contribution in [2.45, 2.75) is 25.0 Å². The Hall–Kier alpha value is -2.35. The van der Waals surface area contributed by atoms with Crippen molar-refractivity contribution in [1.29, 1.82) is 0 Å². The summed E-state index contributed by atoms with van der Waals surface area (Å²) in [5.74, 6) is -0.323. The number of amides is 1. The van der Waals surface area contributed by atoms with Crippen LogP contribution < -0.4 is 16.4 Å². The molecule has 1 saturated heterocycles. The van der Waals surface area contributed by atoms with Gasteiger partial charge in [-0.2, -0.15) is 0 Å². The summed E-state index contributed by atoms with van der Waals surface area (Å²) in [6.07, 6.45) is -2.22. The summed E-state index contributed by atoms with van der Waals surface area (Å²) in [7, 11) is 0. The third kappa shape index (κ3) is 5.32. The molecule has 0 bridgehead atoms. The van der Waals surface area contributed by atoms with E-state index in [1.54, 1.807) is 12.1 Å². The highest BCUT2D eigenvalue weighted by atomic mass is 19.3. The Kier molecular flexibility index (Phi) is 6.49. The molecule has 1 amide bonds. The first-order valence-electron chi connectivity index (χ1n) is 8.88. The first kappa shape index (κ1) is 19.4. The summed E-state index contributed by atoms with van der Waals surface area (Å²) in [6.45, 7) is 2.30. The molecule has 27 heavy (non-hydrogen) atoms. The topological polar surface area (TPSA) is 76.4 Å². The zero-order valence-electron chi connectivity index (χ0n) is 14.8. The summed E-state index contributed by atoms with van der Waals surface area (Å²) < 4.78 is 30.9. The van der Waals surface area contributed by atoms with E-state index in [9.17, 15) is 13.6 Å². The molecule has 0 saturated carbocycles. The lowest BCUT2D eigenvalue weighted by molar-refractivity contribution is -0.117. The lowest BCUT2D eigenvalue weighted by Gasteiger charge is -2.24. The number of anilines is 1. The van der Waals surface area contributed by atoms with Crippen molar-refractivity contribution in [2.24, 2.45) is 5.73 Å². The number of ether oxygens (including phenoxy) is 1. The van der Waals surface area contributed by atoms with Gasteiger partial charge in [0.25, 0.3) is 6.43 Å². The van der Waals surface area contributed by atoms with E-state index >= 15 is 0 Å². The molecule has 2 aromatic carbocycles. The van der Waals surface area contributed by atoms with Gasteiger partial charge in [0.15, 0.2) is 0 Å². The molecule has 0 spiro atoms. The quantitative estimate of drug-likeness (QED) is 0.726. The van der Waals surface area contributed by atoms with Crippen LogP contribution in [-0.2, 0) is 16.0 Å². The number of hydrogen-bond acceptors (Lipinski definition) is 4. The predicted octanol–water partition coefficient (Wildman–Crippen LogP) is 2.79. The number of hydrogen-bond donors (Lipinski definition) is 3. The van der Waals surface area contributed by atoms with Crippen molar-refractivity contribution in [3.05, 3.63) is 65.2 Å². The van der Waals surface area contributed by atoms with Gasteiger partial charge in [-0.15, -0.1) is 0 Å². The lowest BCUT2D eigenvalue weighted by atomic mass is 10.0. The van der Waals surface area contributed by atoms with E-state index in [0.717, 1.165) is 24.2 Å². The number of halogens is 2. The maximum absolute atomic E-state index is 12.6. The molecule has 1 heterocycles. The molecule has 3 rings (SSSR count). The van der Waals surface area contributed by atoms with E-state index in [4.69, 9.17) is 10.5 Å². The van der Waals surface area contributed by atoms with Crippen LogP contribution in [0.4, 0.5) is 14.5 Å². The summed E-state index contributed by atoms with van der Waals surface area (Å²) in [6, 6.07) is 12.5. The predicted molar refractivity (Wildman–Crippen MR) is 99.7 cm³/mol. The average molecular weight is 375 g/mol. The number of rotatable bonds is 6. The second-order valence-electron chi connectivity index (χ2n) is 6.53. The number of morpholine rings is 1. The highest BCUT2D eigenvalue weighted by molar-refractivity contribution is 5.94. The van der Waals surface area contributed by atoms with E-state index in [0.29, 0.717) is 12.3 Å². The second kappa shape index (κ2) is 9.03. The molecule has 4 N–H and O–H groups in total. The first-order valence-corrected chi connectivity index (χ1v) is 8.88. The standard InChI is InChI=1S/C20H23F2N3O2/c21-19(22)15-3-1-13(2-4-15)11-17(23)20(26)25-16-7-5-14(6-8-16)18-12-24-9-10-27-18/h1-8,17-19,24H,9-12,23H2,(H,25,26). The molecule has 2 unspecified atom stereocenters. The molecule has 144 valence electrons. The minimum Gasteiger partial charge on any atom is -0.371 e. The van der Waals surface area contributed by atoms with Crippen LogP contribution in [0.1, 0.15) is 29.2 Å². The SMILES string of the molecule is NC(Cc1ccc(C(F)F)cc1)C(=O)Nc1ccc(C2CNCCO2)cc1. The molecule has 7 heteroatoms. The highest BCUT2D eigenvalue weighted by Gasteiger charge is 2.17. The molecule has 1 fully saturated rings. The van der Waals surface area contributed by atoms with Gasteiger partial charge in [-0.05, 0) is 29.7 Å². The fraction of sp³-hybridized carbons (Fsp3) is 0.350. The molecular formula is C20H23F2N3O2. The molecule has 0 aliphatic carbocycles. The zero-order valence-corrected chi connectivity index (χ0v) is 14.8. The van der Waals surface area contributed by atoms with Crippen molar-refractivity contribution in [1.82, 2.24) is 5.32 Å². The minimum atomic E-state index is -2.51. The van der Waals surface area contributed by atoms with E-state index in [1.807, 2.05) is 24.3 Å². The zero-order chi connectivity index (χ0) is 19.2. The molecule has 2 atom stereocenters. The smallest absolute Gasteiger partial charge is 0.263 e. The fourth-order valence-corrected chi connectivity index (χ4v) is 2.94. The van der Waals surface area contributed by atoms with Crippen LogP contribution in [0.15, 0.2) is 48.5 Å². The van der Waals surface area contributed by atoms with E-state index in [-0.39, 0.29) is 24.0 Å². The van der Waals surface area contributed by atoms with Gasteiger partial charge in [0.05, 0.1) is 18.8 Å². The van der Waals surface area contributed by atoms with Crippen LogP contribution in [0, 0.1) is 0 Å². The number of carbonyl (C=O) groups excluding carboxylic acids is 1. The Morgan fingerprint density at radius 3 is 2.48 bits per heavy atom. The first-order chi connectivity index (χ1) is 13.0. The fourth-order valence-electron chi connectivity index (χ4n) is 2.94. The molecule has 1 aliphatic heterocycles. The number of carbonyl (C=O) groups is 1. The van der Waals surface area contributed by atoms with Gasteiger partial charge >= 0.3 is 0 Å². The Morgan fingerprint density at radius 1 is 1.19 bits per heavy atom. The van der Waals surface area contributed by atoms with Crippen LogP contribution in [0.5, 0.6) is 0 Å². The Balaban J connectivity index is 1.54. The Morgan fingerprint density at radius 2 is 1.89 bits per heavy atom. The summed E-state index contributed by atoms with van der Waals surface area (Å²) in [4.78, 5) is 12.3. The number of benzene rings is 2. The van der Waals surface area contributed by atoms with E-state index in [1.165, 1.54) is 12.1 Å². The summed E-state index contributed by atoms with van der Waals surface area (Å²) in [5, 5.41) is 6.06.